The Morgan fingerprint density at radius 1 is 1.13 bits per heavy atom. The first-order chi connectivity index (χ1) is 14.5. The van der Waals surface area contributed by atoms with Crippen LogP contribution in [0, 0.1) is 0 Å². The minimum absolute atomic E-state index is 0.0352. The predicted molar refractivity (Wildman–Crippen MR) is 109 cm³/mol. The summed E-state index contributed by atoms with van der Waals surface area (Å²) in [6.45, 7) is 1.63. The molecule has 164 valence electrons. The number of ether oxygens (including phenoxy) is 1. The SMILES string of the molecule is COC(=O)NC1(C)CN(C(=O)Nc2ccc(C(F)(F)F)cc2)N=C1c1ccc(Cl)cc1. The topological polar surface area (TPSA) is 83.0 Å². The number of nitrogens with one attached hydrogen (secondary N) is 2. The first-order valence-electron chi connectivity index (χ1n) is 8.99. The van der Waals surface area contributed by atoms with Crippen LogP contribution in [0.3, 0.4) is 0 Å². The minimum Gasteiger partial charge on any atom is -0.453 e. The van der Waals surface area contributed by atoms with Gasteiger partial charge in [0.25, 0.3) is 0 Å². The molecule has 0 bridgehead atoms. The van der Waals surface area contributed by atoms with Gasteiger partial charge in [-0.15, -0.1) is 0 Å². The van der Waals surface area contributed by atoms with Crippen molar-refractivity contribution in [1.82, 2.24) is 10.3 Å². The van der Waals surface area contributed by atoms with E-state index in [0.29, 0.717) is 16.3 Å². The summed E-state index contributed by atoms with van der Waals surface area (Å²) in [5.74, 6) is 0. The molecule has 3 rings (SSSR count). The Labute approximate surface area is 180 Å². The summed E-state index contributed by atoms with van der Waals surface area (Å²) in [5.41, 5.74) is -0.746. The third-order valence-corrected chi connectivity index (χ3v) is 4.84. The summed E-state index contributed by atoms with van der Waals surface area (Å²) < 4.78 is 42.8. The lowest BCUT2D eigenvalue weighted by Gasteiger charge is -2.27. The molecule has 7 nitrogen and oxygen atoms in total. The highest BCUT2D eigenvalue weighted by Crippen LogP contribution is 2.30. The van der Waals surface area contributed by atoms with Gasteiger partial charge in [-0.05, 0) is 43.3 Å². The van der Waals surface area contributed by atoms with Crippen LogP contribution in [0.15, 0.2) is 53.6 Å². The van der Waals surface area contributed by atoms with Crippen molar-refractivity contribution in [2.75, 3.05) is 19.0 Å². The van der Waals surface area contributed by atoms with Gasteiger partial charge in [-0.1, -0.05) is 23.7 Å². The van der Waals surface area contributed by atoms with Crippen molar-refractivity contribution in [2.45, 2.75) is 18.6 Å². The summed E-state index contributed by atoms with van der Waals surface area (Å²) in [7, 11) is 1.21. The first kappa shape index (κ1) is 22.4. The minimum atomic E-state index is -4.48. The average Bonchev–Trinajstić information content (AvgIpc) is 3.05. The zero-order valence-electron chi connectivity index (χ0n) is 16.5. The Bertz CT molecular complexity index is 1010. The number of rotatable bonds is 3. The molecule has 31 heavy (non-hydrogen) atoms. The van der Waals surface area contributed by atoms with Gasteiger partial charge in [-0.25, -0.2) is 14.6 Å². The number of hydrazone groups is 1. The number of urea groups is 1. The lowest BCUT2D eigenvalue weighted by atomic mass is 9.91. The summed E-state index contributed by atoms with van der Waals surface area (Å²) in [5, 5.41) is 11.1. The predicted octanol–water partition coefficient (Wildman–Crippen LogP) is 4.73. The van der Waals surface area contributed by atoms with Gasteiger partial charge in [-0.2, -0.15) is 18.3 Å². The third-order valence-electron chi connectivity index (χ3n) is 4.59. The van der Waals surface area contributed by atoms with Crippen LogP contribution in [0.5, 0.6) is 0 Å². The number of methoxy groups -OCH3 is 1. The van der Waals surface area contributed by atoms with E-state index in [1.165, 1.54) is 7.11 Å². The molecule has 2 aromatic rings. The van der Waals surface area contributed by atoms with E-state index in [9.17, 15) is 22.8 Å². The van der Waals surface area contributed by atoms with E-state index < -0.39 is 29.4 Å². The molecule has 1 aliphatic heterocycles. The standard InChI is InChI=1S/C20H18ClF3N4O3/c1-19(26-18(30)31-2)11-28(27-16(19)12-3-7-14(21)8-4-12)17(29)25-15-9-5-13(6-10-15)20(22,23)24/h3-10H,11H2,1-2H3,(H,25,29)(H,26,30). The Morgan fingerprint density at radius 3 is 2.29 bits per heavy atom. The van der Waals surface area contributed by atoms with Crippen molar-refractivity contribution in [3.05, 3.63) is 64.7 Å². The van der Waals surface area contributed by atoms with Gasteiger partial charge in [0.05, 0.1) is 24.9 Å². The van der Waals surface area contributed by atoms with Crippen LogP contribution in [0.4, 0.5) is 28.4 Å². The number of anilines is 1. The van der Waals surface area contributed by atoms with Crippen molar-refractivity contribution < 1.29 is 27.5 Å². The van der Waals surface area contributed by atoms with E-state index in [0.717, 1.165) is 29.3 Å². The van der Waals surface area contributed by atoms with Crippen LogP contribution in [0.2, 0.25) is 5.02 Å². The van der Waals surface area contributed by atoms with Crippen LogP contribution < -0.4 is 10.6 Å². The number of nitrogens with zero attached hydrogens (tertiary/aromatic N) is 2. The molecule has 0 saturated heterocycles. The van der Waals surface area contributed by atoms with Gasteiger partial charge in [0.1, 0.15) is 5.54 Å². The summed E-state index contributed by atoms with van der Waals surface area (Å²) in [6.07, 6.45) is -5.19. The van der Waals surface area contributed by atoms with Gasteiger partial charge in [0.2, 0.25) is 0 Å². The fourth-order valence-corrected chi connectivity index (χ4v) is 3.17. The van der Waals surface area contributed by atoms with E-state index in [-0.39, 0.29) is 12.2 Å². The normalized spacial score (nSPS) is 18.4. The third kappa shape index (κ3) is 5.08. The molecule has 1 heterocycles. The van der Waals surface area contributed by atoms with Crippen LogP contribution in [0.1, 0.15) is 18.1 Å². The molecule has 0 aliphatic carbocycles. The molecule has 2 N–H and O–H groups in total. The fraction of sp³-hybridized carbons (Fsp3) is 0.250. The van der Waals surface area contributed by atoms with Gasteiger partial charge < -0.3 is 15.4 Å². The van der Waals surface area contributed by atoms with Gasteiger partial charge in [0, 0.05) is 16.3 Å². The van der Waals surface area contributed by atoms with Crippen molar-refractivity contribution in [2.24, 2.45) is 5.10 Å². The average molecular weight is 455 g/mol. The number of carbonyl (C=O) groups is 2. The van der Waals surface area contributed by atoms with Crippen molar-refractivity contribution in [3.63, 3.8) is 0 Å². The Balaban J connectivity index is 1.84. The highest BCUT2D eigenvalue weighted by molar-refractivity contribution is 6.30. The fourth-order valence-electron chi connectivity index (χ4n) is 3.05. The van der Waals surface area contributed by atoms with Crippen LogP contribution >= 0.6 is 11.6 Å². The largest absolute Gasteiger partial charge is 0.453 e. The Morgan fingerprint density at radius 2 is 1.74 bits per heavy atom. The number of hydrogen-bond acceptors (Lipinski definition) is 4. The molecular weight excluding hydrogens is 437 g/mol. The van der Waals surface area contributed by atoms with E-state index in [2.05, 4.69) is 20.5 Å². The second kappa shape index (κ2) is 8.46. The monoisotopic (exact) mass is 454 g/mol. The van der Waals surface area contributed by atoms with Crippen LogP contribution in [-0.2, 0) is 10.9 Å². The van der Waals surface area contributed by atoms with Crippen molar-refractivity contribution >= 4 is 35.1 Å². The van der Waals surface area contributed by atoms with Gasteiger partial charge in [-0.3, -0.25) is 0 Å². The summed E-state index contributed by atoms with van der Waals surface area (Å²) in [4.78, 5) is 24.6. The molecule has 1 atom stereocenters. The molecule has 2 aromatic carbocycles. The van der Waals surface area contributed by atoms with Crippen molar-refractivity contribution in [1.29, 1.82) is 0 Å². The molecule has 0 saturated carbocycles. The zero-order valence-corrected chi connectivity index (χ0v) is 17.2. The molecule has 0 radical (unpaired) electrons. The van der Waals surface area contributed by atoms with E-state index in [1.54, 1.807) is 31.2 Å². The molecule has 1 unspecified atom stereocenters. The highest BCUT2D eigenvalue weighted by Gasteiger charge is 2.43. The lowest BCUT2D eigenvalue weighted by molar-refractivity contribution is -0.137. The Kier molecular flexibility index (Phi) is 6.12. The maximum atomic E-state index is 12.7. The zero-order chi connectivity index (χ0) is 22.8. The second-order valence-electron chi connectivity index (χ2n) is 6.97. The molecule has 1 aliphatic rings. The molecule has 11 heteroatoms. The maximum Gasteiger partial charge on any atom is 0.416 e. The number of halogens is 4. The van der Waals surface area contributed by atoms with Gasteiger partial charge >= 0.3 is 18.3 Å². The molecule has 0 fully saturated rings. The number of hydrogen-bond donors (Lipinski definition) is 2. The number of alkyl halides is 3. The second-order valence-corrected chi connectivity index (χ2v) is 7.40. The molecular formula is C20H18ClF3N4O3. The number of carbonyl (C=O) groups excluding carboxylic acids is 2. The number of alkyl carbamates (subject to hydrolysis) is 1. The molecule has 0 aromatic heterocycles. The number of benzene rings is 2. The quantitative estimate of drug-likeness (QED) is 0.703. The number of amides is 3. The van der Waals surface area contributed by atoms with Gasteiger partial charge in [0.15, 0.2) is 0 Å². The van der Waals surface area contributed by atoms with E-state index in [4.69, 9.17) is 11.6 Å². The maximum absolute atomic E-state index is 12.7. The highest BCUT2D eigenvalue weighted by atomic mass is 35.5. The summed E-state index contributed by atoms with van der Waals surface area (Å²) in [6, 6.07) is 10.0. The Hall–Kier alpha value is -3.27. The summed E-state index contributed by atoms with van der Waals surface area (Å²) >= 11 is 5.93. The lowest BCUT2D eigenvalue weighted by Crippen LogP contribution is -2.54. The van der Waals surface area contributed by atoms with E-state index in [1.807, 2.05) is 0 Å². The molecule has 0 spiro atoms. The smallest absolute Gasteiger partial charge is 0.416 e. The van der Waals surface area contributed by atoms with Crippen molar-refractivity contribution in [3.8, 4) is 0 Å². The van der Waals surface area contributed by atoms with Crippen LogP contribution in [-0.4, -0.2) is 42.0 Å². The van der Waals surface area contributed by atoms with E-state index >= 15 is 0 Å². The molecule has 3 amide bonds. The van der Waals surface area contributed by atoms with Crippen LogP contribution in [0.25, 0.3) is 0 Å². The first-order valence-corrected chi connectivity index (χ1v) is 9.36.